The molecular formula is C35H45N5O5. The van der Waals surface area contributed by atoms with Crippen LogP contribution in [0.25, 0.3) is 0 Å². The highest BCUT2D eigenvalue weighted by Crippen LogP contribution is 2.20. The van der Waals surface area contributed by atoms with Crippen LogP contribution in [0.4, 0.5) is 4.79 Å². The number of carbonyl (C=O) groups is 3. The lowest BCUT2D eigenvalue weighted by Gasteiger charge is -2.31. The number of urea groups is 1. The molecule has 4 amide bonds. The molecule has 0 bridgehead atoms. The first kappa shape index (κ1) is 33.5. The first-order chi connectivity index (χ1) is 21.9. The molecule has 3 aromatic rings. The average molecular weight is 616 g/mol. The number of aryl methyl sites for hydroxylation is 1. The highest BCUT2D eigenvalue weighted by molar-refractivity contribution is 5.93. The van der Waals surface area contributed by atoms with Gasteiger partial charge < -0.3 is 36.0 Å². The molecule has 1 heterocycles. The fourth-order valence-electron chi connectivity index (χ4n) is 5.61. The zero-order valence-electron chi connectivity index (χ0n) is 26.1. The van der Waals surface area contributed by atoms with Crippen LogP contribution >= 0.6 is 0 Å². The lowest BCUT2D eigenvalue weighted by Crippen LogP contribution is -2.56. The number of nitrogens with zero attached hydrogens (tertiary/aromatic N) is 1. The smallest absolute Gasteiger partial charge is 0.315 e. The molecule has 0 aromatic heterocycles. The highest BCUT2D eigenvalue weighted by atomic mass is 16.5. The quantitative estimate of drug-likeness (QED) is 0.168. The third kappa shape index (κ3) is 10.1. The molecular weight excluding hydrogens is 570 g/mol. The summed E-state index contributed by atoms with van der Waals surface area (Å²) < 4.78 is 5.31. The zero-order valence-corrected chi connectivity index (χ0v) is 26.1. The van der Waals surface area contributed by atoms with Crippen LogP contribution in [-0.4, -0.2) is 78.8 Å². The second-order valence-corrected chi connectivity index (χ2v) is 11.3. The molecule has 1 aliphatic heterocycles. The van der Waals surface area contributed by atoms with Crippen LogP contribution in [-0.2, 0) is 29.0 Å². The normalized spacial score (nSPS) is 16.5. The van der Waals surface area contributed by atoms with E-state index in [-0.39, 0.29) is 18.4 Å². The largest absolute Gasteiger partial charge is 0.497 e. The second kappa shape index (κ2) is 17.2. The Bertz CT molecular complexity index is 1370. The number of benzene rings is 3. The van der Waals surface area contributed by atoms with Crippen LogP contribution in [0.1, 0.15) is 36.5 Å². The first-order valence-electron chi connectivity index (χ1n) is 15.6. The van der Waals surface area contributed by atoms with Gasteiger partial charge in [-0.3, -0.25) is 9.59 Å². The lowest BCUT2D eigenvalue weighted by molar-refractivity contribution is -0.139. The van der Waals surface area contributed by atoms with Crippen molar-refractivity contribution in [2.24, 2.45) is 0 Å². The summed E-state index contributed by atoms with van der Waals surface area (Å²) in [7, 11) is 1.62. The SMILES string of the molecule is CCNC(=O)N[C@@H]1CCN([C@@H](CCc2ccccc2)C(=O)N[C@@H](Cc2ccccc2)[C@H](O)CNCc2cccc(OC)c2)C1=O. The van der Waals surface area contributed by atoms with Crippen LogP contribution in [0.3, 0.4) is 0 Å². The number of ether oxygens (including phenoxy) is 1. The van der Waals surface area contributed by atoms with Crippen LogP contribution < -0.4 is 26.0 Å². The van der Waals surface area contributed by atoms with E-state index in [1.54, 1.807) is 18.9 Å². The van der Waals surface area contributed by atoms with E-state index < -0.39 is 30.3 Å². The van der Waals surface area contributed by atoms with E-state index in [0.717, 1.165) is 22.4 Å². The summed E-state index contributed by atoms with van der Waals surface area (Å²) in [4.78, 5) is 41.2. The van der Waals surface area contributed by atoms with Gasteiger partial charge in [-0.15, -0.1) is 0 Å². The minimum absolute atomic E-state index is 0.241. The Morgan fingerprint density at radius 2 is 1.67 bits per heavy atom. The van der Waals surface area contributed by atoms with Gasteiger partial charge in [0.15, 0.2) is 0 Å². The Balaban J connectivity index is 1.49. The summed E-state index contributed by atoms with van der Waals surface area (Å²) in [5.74, 6) is 0.144. The van der Waals surface area contributed by atoms with Gasteiger partial charge >= 0.3 is 6.03 Å². The van der Waals surface area contributed by atoms with Gasteiger partial charge in [0.2, 0.25) is 11.8 Å². The summed E-state index contributed by atoms with van der Waals surface area (Å²) in [6, 6.07) is 24.7. The van der Waals surface area contributed by atoms with E-state index in [1.807, 2.05) is 84.9 Å². The van der Waals surface area contributed by atoms with Crippen molar-refractivity contribution in [3.63, 3.8) is 0 Å². The average Bonchev–Trinajstić information content (AvgIpc) is 3.40. The summed E-state index contributed by atoms with van der Waals surface area (Å²) in [6.45, 7) is 3.35. The molecule has 1 saturated heterocycles. The highest BCUT2D eigenvalue weighted by Gasteiger charge is 2.40. The van der Waals surface area contributed by atoms with Gasteiger partial charge in [-0.1, -0.05) is 72.8 Å². The van der Waals surface area contributed by atoms with Gasteiger partial charge in [0, 0.05) is 26.2 Å². The number of aliphatic hydroxyl groups excluding tert-OH is 1. The lowest BCUT2D eigenvalue weighted by atomic mass is 9.99. The molecule has 45 heavy (non-hydrogen) atoms. The van der Waals surface area contributed by atoms with Crippen molar-refractivity contribution in [3.05, 3.63) is 102 Å². The van der Waals surface area contributed by atoms with E-state index in [9.17, 15) is 19.5 Å². The second-order valence-electron chi connectivity index (χ2n) is 11.3. The predicted octanol–water partition coefficient (Wildman–Crippen LogP) is 2.79. The van der Waals surface area contributed by atoms with Crippen molar-refractivity contribution >= 4 is 17.8 Å². The molecule has 3 aromatic carbocycles. The number of nitrogens with one attached hydrogen (secondary N) is 4. The molecule has 0 spiro atoms. The number of likely N-dealkylation sites (tertiary alicyclic amines) is 1. The molecule has 0 radical (unpaired) electrons. The fraction of sp³-hybridized carbons (Fsp3) is 0.400. The first-order valence-corrected chi connectivity index (χ1v) is 15.6. The fourth-order valence-corrected chi connectivity index (χ4v) is 5.61. The molecule has 0 saturated carbocycles. The van der Waals surface area contributed by atoms with Crippen molar-refractivity contribution < 1.29 is 24.2 Å². The maximum atomic E-state index is 14.0. The van der Waals surface area contributed by atoms with Gasteiger partial charge in [0.1, 0.15) is 17.8 Å². The molecule has 0 aliphatic carbocycles. The van der Waals surface area contributed by atoms with Crippen LogP contribution in [0, 0.1) is 0 Å². The van der Waals surface area contributed by atoms with E-state index >= 15 is 0 Å². The Kier molecular flexibility index (Phi) is 12.8. The predicted molar refractivity (Wildman–Crippen MR) is 174 cm³/mol. The Hall–Kier alpha value is -4.41. The van der Waals surface area contributed by atoms with Crippen LogP contribution in [0.15, 0.2) is 84.9 Å². The topological polar surface area (TPSA) is 132 Å². The van der Waals surface area contributed by atoms with E-state index in [2.05, 4.69) is 21.3 Å². The number of carbonyl (C=O) groups excluding carboxylic acids is 3. The maximum Gasteiger partial charge on any atom is 0.315 e. The van der Waals surface area contributed by atoms with Gasteiger partial charge in [-0.2, -0.15) is 0 Å². The van der Waals surface area contributed by atoms with Crippen molar-refractivity contribution in [1.29, 1.82) is 0 Å². The minimum Gasteiger partial charge on any atom is -0.497 e. The molecule has 1 fully saturated rings. The van der Waals surface area contributed by atoms with Gasteiger partial charge in [0.05, 0.1) is 19.3 Å². The summed E-state index contributed by atoms with van der Waals surface area (Å²) in [5, 5.41) is 23.2. The van der Waals surface area contributed by atoms with E-state index in [4.69, 9.17) is 4.74 Å². The van der Waals surface area contributed by atoms with Gasteiger partial charge in [-0.25, -0.2) is 4.79 Å². The number of aliphatic hydroxyl groups is 1. The third-order valence-corrected chi connectivity index (χ3v) is 8.02. The molecule has 10 heteroatoms. The van der Waals surface area contributed by atoms with E-state index in [0.29, 0.717) is 45.3 Å². The van der Waals surface area contributed by atoms with Crippen molar-refractivity contribution in [3.8, 4) is 5.75 Å². The van der Waals surface area contributed by atoms with Crippen LogP contribution in [0.5, 0.6) is 5.75 Å². The maximum absolute atomic E-state index is 14.0. The molecule has 240 valence electrons. The molecule has 1 aliphatic rings. The van der Waals surface area contributed by atoms with Gasteiger partial charge in [-0.05, 0) is 61.4 Å². The van der Waals surface area contributed by atoms with Crippen LogP contribution in [0.2, 0.25) is 0 Å². The number of hydrogen-bond donors (Lipinski definition) is 5. The molecule has 4 rings (SSSR count). The number of methoxy groups -OCH3 is 1. The zero-order chi connectivity index (χ0) is 32.0. The monoisotopic (exact) mass is 615 g/mol. The summed E-state index contributed by atoms with van der Waals surface area (Å²) in [6.07, 6.45) is 0.906. The molecule has 4 atom stereocenters. The number of hydrogen-bond acceptors (Lipinski definition) is 6. The minimum atomic E-state index is -0.907. The Labute approximate surface area is 265 Å². The molecule has 10 nitrogen and oxygen atoms in total. The Morgan fingerprint density at radius 1 is 0.978 bits per heavy atom. The van der Waals surface area contributed by atoms with Crippen molar-refractivity contribution in [2.45, 2.75) is 63.4 Å². The number of rotatable bonds is 16. The Morgan fingerprint density at radius 3 is 2.36 bits per heavy atom. The van der Waals surface area contributed by atoms with Crippen molar-refractivity contribution in [1.82, 2.24) is 26.2 Å². The summed E-state index contributed by atoms with van der Waals surface area (Å²) in [5.41, 5.74) is 3.04. The molecule has 0 unspecified atom stereocenters. The number of amides is 4. The van der Waals surface area contributed by atoms with E-state index in [1.165, 1.54) is 0 Å². The molecule has 5 N–H and O–H groups in total. The van der Waals surface area contributed by atoms with Gasteiger partial charge in [0.25, 0.3) is 0 Å². The van der Waals surface area contributed by atoms with Crippen molar-refractivity contribution in [2.75, 3.05) is 26.7 Å². The standard InChI is InChI=1S/C35H45N5O5/c1-3-37-35(44)39-29-19-20-40(34(29)43)31(18-17-25-11-6-4-7-12-25)33(42)38-30(22-26-13-8-5-9-14-26)32(41)24-36-23-27-15-10-16-28(21-27)45-2/h4-16,21,29-32,36,41H,3,17-20,22-24H2,1-2H3,(H,38,42)(H2,37,39,44)/t29-,30+,31+,32-/m1/s1. The summed E-state index contributed by atoms with van der Waals surface area (Å²) >= 11 is 0. The third-order valence-electron chi connectivity index (χ3n) is 8.02.